The SMILES string of the molecule is C=CCNC(=O)C1CC(=O)N(c2ccc(OCC(=O)Nc3ccc(Cl)c(C(F)(F)F)c3)cc2)C1. The van der Waals surface area contributed by atoms with Gasteiger partial charge in [-0.1, -0.05) is 17.7 Å². The molecule has 7 nitrogen and oxygen atoms in total. The molecule has 2 aromatic rings. The number of hydrogen-bond donors (Lipinski definition) is 2. The first-order valence-corrected chi connectivity index (χ1v) is 10.5. The molecule has 2 aromatic carbocycles. The van der Waals surface area contributed by atoms with E-state index < -0.39 is 35.2 Å². The molecule has 1 saturated heterocycles. The van der Waals surface area contributed by atoms with Gasteiger partial charge in [-0.15, -0.1) is 6.58 Å². The molecule has 1 fully saturated rings. The molecule has 0 aromatic heterocycles. The second-order valence-corrected chi connectivity index (χ2v) is 7.87. The lowest BCUT2D eigenvalue weighted by Gasteiger charge is -2.17. The first-order chi connectivity index (χ1) is 16.1. The molecular formula is C23H21ClF3N3O4. The minimum absolute atomic E-state index is 0.0695. The number of ether oxygens (including phenoxy) is 1. The zero-order valence-corrected chi connectivity index (χ0v) is 18.6. The number of alkyl halides is 3. The number of rotatable bonds is 8. The smallest absolute Gasteiger partial charge is 0.417 e. The summed E-state index contributed by atoms with van der Waals surface area (Å²) in [6.45, 7) is 3.65. The third-order valence-electron chi connectivity index (χ3n) is 4.99. The summed E-state index contributed by atoms with van der Waals surface area (Å²) >= 11 is 5.57. The van der Waals surface area contributed by atoms with Crippen LogP contribution in [0.25, 0.3) is 0 Å². The fourth-order valence-corrected chi connectivity index (χ4v) is 3.56. The molecule has 0 bridgehead atoms. The molecule has 3 amide bonds. The highest BCUT2D eigenvalue weighted by Gasteiger charge is 2.35. The Morgan fingerprint density at radius 3 is 2.56 bits per heavy atom. The summed E-state index contributed by atoms with van der Waals surface area (Å²) in [5.41, 5.74) is -0.554. The molecule has 34 heavy (non-hydrogen) atoms. The van der Waals surface area contributed by atoms with Crippen LogP contribution in [0.15, 0.2) is 55.1 Å². The molecule has 1 aliphatic rings. The lowest BCUT2D eigenvalue weighted by Crippen LogP contribution is -2.32. The van der Waals surface area contributed by atoms with Gasteiger partial charge in [0.1, 0.15) is 5.75 Å². The summed E-state index contributed by atoms with van der Waals surface area (Å²) < 4.78 is 44.2. The molecule has 1 aliphatic heterocycles. The Morgan fingerprint density at radius 2 is 1.91 bits per heavy atom. The van der Waals surface area contributed by atoms with Crippen molar-refractivity contribution >= 4 is 40.7 Å². The summed E-state index contributed by atoms with van der Waals surface area (Å²) in [5.74, 6) is -1.21. The van der Waals surface area contributed by atoms with Crippen LogP contribution in [0.4, 0.5) is 24.5 Å². The van der Waals surface area contributed by atoms with Crippen LogP contribution in [0.2, 0.25) is 5.02 Å². The molecule has 0 aliphatic carbocycles. The molecular weight excluding hydrogens is 475 g/mol. The van der Waals surface area contributed by atoms with Crippen molar-refractivity contribution in [1.29, 1.82) is 0 Å². The molecule has 2 N–H and O–H groups in total. The van der Waals surface area contributed by atoms with Crippen molar-refractivity contribution in [3.05, 3.63) is 65.7 Å². The monoisotopic (exact) mass is 495 g/mol. The summed E-state index contributed by atoms with van der Waals surface area (Å²) in [6, 6.07) is 9.37. The molecule has 11 heteroatoms. The Bertz CT molecular complexity index is 1090. The predicted octanol–water partition coefficient (Wildman–Crippen LogP) is 4.03. The maximum absolute atomic E-state index is 12.9. The third-order valence-corrected chi connectivity index (χ3v) is 5.32. The van der Waals surface area contributed by atoms with E-state index in [0.717, 1.165) is 12.1 Å². The quantitative estimate of drug-likeness (QED) is 0.541. The topological polar surface area (TPSA) is 87.7 Å². The van der Waals surface area contributed by atoms with E-state index in [2.05, 4.69) is 17.2 Å². The van der Waals surface area contributed by atoms with Gasteiger partial charge in [-0.25, -0.2) is 0 Å². The van der Waals surface area contributed by atoms with Gasteiger partial charge in [0.05, 0.1) is 16.5 Å². The molecule has 0 spiro atoms. The van der Waals surface area contributed by atoms with E-state index in [-0.39, 0.29) is 30.5 Å². The van der Waals surface area contributed by atoms with Gasteiger partial charge in [0.2, 0.25) is 11.8 Å². The van der Waals surface area contributed by atoms with Gasteiger partial charge in [0.25, 0.3) is 5.91 Å². The van der Waals surface area contributed by atoms with Crippen molar-refractivity contribution < 1.29 is 32.3 Å². The Labute approximate surface area is 198 Å². The van der Waals surface area contributed by atoms with Gasteiger partial charge in [0, 0.05) is 30.9 Å². The van der Waals surface area contributed by atoms with Gasteiger partial charge in [0.15, 0.2) is 6.61 Å². The van der Waals surface area contributed by atoms with Crippen molar-refractivity contribution in [3.8, 4) is 5.75 Å². The lowest BCUT2D eigenvalue weighted by atomic mass is 10.1. The first-order valence-electron chi connectivity index (χ1n) is 10.2. The predicted molar refractivity (Wildman–Crippen MR) is 121 cm³/mol. The summed E-state index contributed by atoms with van der Waals surface area (Å²) in [6.07, 6.45) is -3.00. The van der Waals surface area contributed by atoms with Crippen LogP contribution >= 0.6 is 11.6 Å². The molecule has 1 unspecified atom stereocenters. The van der Waals surface area contributed by atoms with Gasteiger partial charge in [-0.2, -0.15) is 13.2 Å². The highest BCUT2D eigenvalue weighted by Crippen LogP contribution is 2.36. The number of carbonyl (C=O) groups excluding carboxylic acids is 3. The molecule has 180 valence electrons. The van der Waals surface area contributed by atoms with Crippen LogP contribution < -0.4 is 20.3 Å². The molecule has 0 saturated carbocycles. The summed E-state index contributed by atoms with van der Waals surface area (Å²) in [7, 11) is 0. The van der Waals surface area contributed by atoms with Crippen LogP contribution in [0, 0.1) is 5.92 Å². The van der Waals surface area contributed by atoms with Gasteiger partial charge in [-0.3, -0.25) is 14.4 Å². The summed E-state index contributed by atoms with van der Waals surface area (Å²) in [5, 5.41) is 4.53. The van der Waals surface area contributed by atoms with Crippen LogP contribution in [0.1, 0.15) is 12.0 Å². The number of hydrogen-bond acceptors (Lipinski definition) is 4. The molecule has 0 radical (unpaired) electrons. The van der Waals surface area contributed by atoms with Crippen LogP contribution in [-0.4, -0.2) is 37.4 Å². The largest absolute Gasteiger partial charge is 0.484 e. The van der Waals surface area contributed by atoms with E-state index in [1.807, 2.05) is 0 Å². The van der Waals surface area contributed by atoms with Gasteiger partial charge < -0.3 is 20.3 Å². The van der Waals surface area contributed by atoms with E-state index in [4.69, 9.17) is 16.3 Å². The number of nitrogens with zero attached hydrogens (tertiary/aromatic N) is 1. The van der Waals surface area contributed by atoms with E-state index in [1.165, 1.54) is 11.0 Å². The van der Waals surface area contributed by atoms with Crippen LogP contribution in [-0.2, 0) is 20.6 Å². The van der Waals surface area contributed by atoms with Crippen molar-refractivity contribution in [1.82, 2.24) is 5.32 Å². The average Bonchev–Trinajstić information content (AvgIpc) is 3.18. The number of nitrogens with one attached hydrogen (secondary N) is 2. The maximum Gasteiger partial charge on any atom is 0.417 e. The van der Waals surface area contributed by atoms with Gasteiger partial charge in [-0.05, 0) is 42.5 Å². The first kappa shape index (κ1) is 25.1. The minimum atomic E-state index is -4.65. The normalized spacial score (nSPS) is 15.7. The number of benzene rings is 2. The zero-order valence-electron chi connectivity index (χ0n) is 17.8. The Balaban J connectivity index is 1.54. The number of halogens is 4. The fourth-order valence-electron chi connectivity index (χ4n) is 3.34. The maximum atomic E-state index is 12.9. The van der Waals surface area contributed by atoms with Crippen LogP contribution in [0.5, 0.6) is 5.75 Å². The van der Waals surface area contributed by atoms with Gasteiger partial charge >= 0.3 is 6.18 Å². The minimum Gasteiger partial charge on any atom is -0.484 e. The van der Waals surface area contributed by atoms with E-state index in [0.29, 0.717) is 18.0 Å². The van der Waals surface area contributed by atoms with Crippen molar-refractivity contribution in [2.45, 2.75) is 12.6 Å². The molecule has 3 rings (SSSR count). The van der Waals surface area contributed by atoms with Crippen molar-refractivity contribution in [2.24, 2.45) is 5.92 Å². The lowest BCUT2D eigenvalue weighted by molar-refractivity contribution is -0.137. The standard InChI is InChI=1S/C23H21ClF3N3O4/c1-2-9-28-22(33)14-10-21(32)30(12-14)16-4-6-17(7-5-16)34-13-20(31)29-15-3-8-19(24)18(11-15)23(25,26)27/h2-8,11,14H,1,9-10,12-13H2,(H,28,33)(H,29,31). The van der Waals surface area contributed by atoms with Crippen molar-refractivity contribution in [3.63, 3.8) is 0 Å². The van der Waals surface area contributed by atoms with E-state index in [9.17, 15) is 27.6 Å². The number of amides is 3. The second kappa shape index (κ2) is 10.6. The molecule has 1 heterocycles. The average molecular weight is 496 g/mol. The Kier molecular flexibility index (Phi) is 7.83. The summed E-state index contributed by atoms with van der Waals surface area (Å²) in [4.78, 5) is 38.0. The fraction of sp³-hybridized carbons (Fsp3) is 0.261. The third kappa shape index (κ3) is 6.28. The van der Waals surface area contributed by atoms with Crippen molar-refractivity contribution in [2.75, 3.05) is 29.9 Å². The second-order valence-electron chi connectivity index (χ2n) is 7.46. The van der Waals surface area contributed by atoms with E-state index >= 15 is 0 Å². The number of anilines is 2. The molecule has 1 atom stereocenters. The Morgan fingerprint density at radius 1 is 1.21 bits per heavy atom. The highest BCUT2D eigenvalue weighted by molar-refractivity contribution is 6.31. The Hall–Kier alpha value is -3.53. The van der Waals surface area contributed by atoms with Crippen LogP contribution in [0.3, 0.4) is 0 Å². The highest BCUT2D eigenvalue weighted by atomic mass is 35.5. The van der Waals surface area contributed by atoms with E-state index in [1.54, 1.807) is 30.3 Å². The number of carbonyl (C=O) groups is 3. The zero-order chi connectivity index (χ0) is 24.9.